The molecule has 21 heavy (non-hydrogen) atoms. The molecule has 0 saturated carbocycles. The van der Waals surface area contributed by atoms with E-state index in [1.807, 2.05) is 0 Å². The highest BCUT2D eigenvalue weighted by Crippen LogP contribution is 2.16. The van der Waals surface area contributed by atoms with Gasteiger partial charge in [0.15, 0.2) is 0 Å². The van der Waals surface area contributed by atoms with Crippen molar-refractivity contribution in [2.24, 2.45) is 7.05 Å². The van der Waals surface area contributed by atoms with Gasteiger partial charge >= 0.3 is 5.82 Å². The third-order valence-electron chi connectivity index (χ3n) is 3.35. The summed E-state index contributed by atoms with van der Waals surface area (Å²) in [6.45, 7) is 2.51. The Morgan fingerprint density at radius 1 is 1.48 bits per heavy atom. The Morgan fingerprint density at radius 3 is 2.86 bits per heavy atom. The summed E-state index contributed by atoms with van der Waals surface area (Å²) < 4.78 is 1.35. The van der Waals surface area contributed by atoms with Gasteiger partial charge in [0.25, 0.3) is 0 Å². The molecule has 2 rings (SSSR count). The van der Waals surface area contributed by atoms with Crippen molar-refractivity contribution in [3.8, 4) is 0 Å². The molecule has 1 aliphatic rings. The maximum absolute atomic E-state index is 11.7. The first kappa shape index (κ1) is 15.2. The van der Waals surface area contributed by atoms with E-state index in [4.69, 9.17) is 0 Å². The van der Waals surface area contributed by atoms with Gasteiger partial charge < -0.3 is 15.4 Å². The summed E-state index contributed by atoms with van der Waals surface area (Å²) in [5, 5.41) is 17.3. The summed E-state index contributed by atoms with van der Waals surface area (Å²) in [4.78, 5) is 24.1. The number of nitrogens with one attached hydrogen (secondary N) is 1. The van der Waals surface area contributed by atoms with E-state index in [1.165, 1.54) is 29.5 Å². The van der Waals surface area contributed by atoms with Crippen molar-refractivity contribution < 1.29 is 9.72 Å². The van der Waals surface area contributed by atoms with E-state index in [9.17, 15) is 14.9 Å². The first-order chi connectivity index (χ1) is 10.1. The number of carbonyl (C=O) groups excluding carboxylic acids is 1. The molecule has 0 aliphatic carbocycles. The lowest BCUT2D eigenvalue weighted by atomic mass is 10.1. The van der Waals surface area contributed by atoms with E-state index in [2.05, 4.69) is 15.3 Å². The van der Waals surface area contributed by atoms with Gasteiger partial charge in [0, 0.05) is 6.08 Å². The number of hydrogen-bond donors (Lipinski definition) is 1. The Morgan fingerprint density at radius 2 is 2.19 bits per heavy atom. The van der Waals surface area contributed by atoms with E-state index in [0.717, 1.165) is 25.9 Å². The number of rotatable bonds is 5. The van der Waals surface area contributed by atoms with Gasteiger partial charge in [0.1, 0.15) is 0 Å². The van der Waals surface area contributed by atoms with Crippen LogP contribution in [0.25, 0.3) is 6.08 Å². The van der Waals surface area contributed by atoms with Crippen molar-refractivity contribution in [1.82, 2.24) is 20.0 Å². The maximum Gasteiger partial charge on any atom is 0.397 e. The van der Waals surface area contributed by atoms with Crippen LogP contribution in [-0.2, 0) is 11.8 Å². The Labute approximate surface area is 122 Å². The minimum Gasteiger partial charge on any atom is -0.358 e. The number of likely N-dealkylation sites (tertiary alicyclic amines) is 1. The molecule has 1 fully saturated rings. The summed E-state index contributed by atoms with van der Waals surface area (Å²) >= 11 is 0. The van der Waals surface area contributed by atoms with E-state index in [1.54, 1.807) is 7.05 Å². The molecule has 0 atom stereocenters. The highest BCUT2D eigenvalue weighted by atomic mass is 16.6. The van der Waals surface area contributed by atoms with Gasteiger partial charge in [-0.1, -0.05) is 6.42 Å². The summed E-state index contributed by atoms with van der Waals surface area (Å²) in [6, 6.07) is 0. The number of nitrogens with zero attached hydrogens (tertiary/aromatic N) is 4. The quantitative estimate of drug-likeness (QED) is 0.494. The van der Waals surface area contributed by atoms with Crippen molar-refractivity contribution in [3.63, 3.8) is 0 Å². The molecule has 1 aromatic rings. The van der Waals surface area contributed by atoms with Crippen LogP contribution in [0.4, 0.5) is 5.82 Å². The average Bonchev–Trinajstić information content (AvgIpc) is 2.85. The molecule has 0 radical (unpaired) electrons. The smallest absolute Gasteiger partial charge is 0.358 e. The second kappa shape index (κ2) is 6.98. The minimum absolute atomic E-state index is 0.252. The molecule has 2 heterocycles. The lowest BCUT2D eigenvalue weighted by Gasteiger charge is -2.26. The third kappa shape index (κ3) is 4.38. The topological polar surface area (TPSA) is 93.3 Å². The Kier molecular flexibility index (Phi) is 5.04. The number of piperidine rings is 1. The molecule has 0 unspecified atom stereocenters. The molecule has 1 amide bonds. The normalized spacial score (nSPS) is 16.2. The molecule has 1 N–H and O–H groups in total. The van der Waals surface area contributed by atoms with Crippen molar-refractivity contribution in [2.75, 3.05) is 19.8 Å². The van der Waals surface area contributed by atoms with Gasteiger partial charge in [0.2, 0.25) is 5.91 Å². The largest absolute Gasteiger partial charge is 0.397 e. The number of aryl methyl sites for hydroxylation is 1. The predicted molar refractivity (Wildman–Crippen MR) is 77.3 cm³/mol. The lowest BCUT2D eigenvalue weighted by Crippen LogP contribution is -2.39. The first-order valence-corrected chi connectivity index (χ1v) is 6.92. The predicted octanol–water partition coefficient (Wildman–Crippen LogP) is 0.901. The molecular formula is C13H19N5O3. The Hall–Kier alpha value is -2.22. The van der Waals surface area contributed by atoms with Crippen molar-refractivity contribution in [2.45, 2.75) is 19.3 Å². The van der Waals surface area contributed by atoms with Crippen LogP contribution in [0.15, 0.2) is 12.3 Å². The van der Waals surface area contributed by atoms with Gasteiger partial charge in [-0.25, -0.2) is 0 Å². The molecule has 114 valence electrons. The van der Waals surface area contributed by atoms with Crippen LogP contribution in [0.5, 0.6) is 0 Å². The standard InChI is InChI=1S/C13H19N5O3/c1-16-9-11(13(15-16)18(20)21)5-6-12(19)14-10-17-7-3-2-4-8-17/h5-6,9H,2-4,7-8,10H2,1H3,(H,14,19)/b6-5+. The van der Waals surface area contributed by atoms with Gasteiger partial charge in [-0.2, -0.15) is 4.68 Å². The summed E-state index contributed by atoms with van der Waals surface area (Å²) in [7, 11) is 1.60. The second-order valence-corrected chi connectivity index (χ2v) is 5.05. The average molecular weight is 293 g/mol. The minimum atomic E-state index is -0.564. The molecule has 0 bridgehead atoms. The Balaban J connectivity index is 1.88. The number of aromatic nitrogens is 2. The summed E-state index contributed by atoms with van der Waals surface area (Å²) in [5.41, 5.74) is 0.315. The monoisotopic (exact) mass is 293 g/mol. The van der Waals surface area contributed by atoms with Crippen LogP contribution in [0.1, 0.15) is 24.8 Å². The van der Waals surface area contributed by atoms with Crippen LogP contribution in [-0.4, -0.2) is 45.3 Å². The summed E-state index contributed by atoms with van der Waals surface area (Å²) in [5.74, 6) is -0.517. The Bertz CT molecular complexity index is 546. The maximum atomic E-state index is 11.7. The van der Waals surface area contributed by atoms with Gasteiger partial charge in [-0.05, 0) is 36.9 Å². The third-order valence-corrected chi connectivity index (χ3v) is 3.35. The fourth-order valence-electron chi connectivity index (χ4n) is 2.29. The van der Waals surface area contributed by atoms with Gasteiger partial charge in [0.05, 0.1) is 30.6 Å². The molecule has 1 saturated heterocycles. The SMILES string of the molecule is Cn1cc(/C=C/C(=O)NCN2CCCCC2)c([N+](=O)[O-])n1. The molecule has 8 nitrogen and oxygen atoms in total. The van der Waals surface area contributed by atoms with Crippen molar-refractivity contribution in [3.05, 3.63) is 28.0 Å². The van der Waals surface area contributed by atoms with Crippen LogP contribution >= 0.6 is 0 Å². The zero-order valence-electron chi connectivity index (χ0n) is 12.0. The number of nitro groups is 1. The van der Waals surface area contributed by atoms with Crippen molar-refractivity contribution >= 4 is 17.8 Å². The number of carbonyl (C=O) groups is 1. The number of hydrogen-bond acceptors (Lipinski definition) is 5. The highest BCUT2D eigenvalue weighted by molar-refractivity contribution is 5.92. The molecule has 0 spiro atoms. The molecular weight excluding hydrogens is 274 g/mol. The molecule has 1 aromatic heterocycles. The van der Waals surface area contributed by atoms with Crippen LogP contribution in [0.3, 0.4) is 0 Å². The molecule has 8 heteroatoms. The summed E-state index contributed by atoms with van der Waals surface area (Å²) in [6.07, 6.45) is 7.79. The van der Waals surface area contributed by atoms with E-state index >= 15 is 0 Å². The zero-order chi connectivity index (χ0) is 15.2. The van der Waals surface area contributed by atoms with Crippen LogP contribution in [0.2, 0.25) is 0 Å². The first-order valence-electron chi connectivity index (χ1n) is 6.92. The van der Waals surface area contributed by atoms with Crippen LogP contribution in [0, 0.1) is 10.1 Å². The van der Waals surface area contributed by atoms with Gasteiger partial charge in [-0.15, -0.1) is 0 Å². The lowest BCUT2D eigenvalue weighted by molar-refractivity contribution is -0.390. The van der Waals surface area contributed by atoms with Gasteiger partial charge in [-0.3, -0.25) is 9.69 Å². The van der Waals surface area contributed by atoms with E-state index in [-0.39, 0.29) is 11.7 Å². The fourth-order valence-corrected chi connectivity index (χ4v) is 2.29. The van der Waals surface area contributed by atoms with Crippen LogP contribution < -0.4 is 5.32 Å². The number of amides is 1. The van der Waals surface area contributed by atoms with Crippen molar-refractivity contribution in [1.29, 1.82) is 0 Å². The van der Waals surface area contributed by atoms with E-state index in [0.29, 0.717) is 12.2 Å². The molecule has 1 aliphatic heterocycles. The fraction of sp³-hybridized carbons (Fsp3) is 0.538. The molecule has 0 aromatic carbocycles. The zero-order valence-corrected chi connectivity index (χ0v) is 12.0. The second-order valence-electron chi connectivity index (χ2n) is 5.05. The van der Waals surface area contributed by atoms with E-state index < -0.39 is 4.92 Å². The highest BCUT2D eigenvalue weighted by Gasteiger charge is 2.17.